The summed E-state index contributed by atoms with van der Waals surface area (Å²) in [4.78, 5) is 2.41. The van der Waals surface area contributed by atoms with Gasteiger partial charge in [-0.3, -0.25) is 4.90 Å². The van der Waals surface area contributed by atoms with E-state index in [1.54, 1.807) is 12.1 Å². The lowest BCUT2D eigenvalue weighted by atomic mass is 10.2. The molecule has 1 aliphatic rings. The molecule has 0 radical (unpaired) electrons. The van der Waals surface area contributed by atoms with Crippen molar-refractivity contribution >= 4 is 5.69 Å². The number of morpholine rings is 1. The van der Waals surface area contributed by atoms with Crippen molar-refractivity contribution in [1.82, 2.24) is 4.90 Å². The molecule has 0 spiro atoms. The summed E-state index contributed by atoms with van der Waals surface area (Å²) >= 11 is 0. The number of hydrogen-bond donors (Lipinski definition) is 1. The Kier molecular flexibility index (Phi) is 5.51. The topological polar surface area (TPSA) is 37.6 Å². The van der Waals surface area contributed by atoms with Crippen LogP contribution in [0.5, 0.6) is 0 Å². The van der Waals surface area contributed by atoms with Gasteiger partial charge >= 0.3 is 0 Å². The fourth-order valence-corrected chi connectivity index (χ4v) is 3.18. The zero-order chi connectivity index (χ0) is 18.5. The van der Waals surface area contributed by atoms with Gasteiger partial charge in [-0.05, 0) is 54.1 Å². The Labute approximate surface area is 158 Å². The predicted octanol–water partition coefficient (Wildman–Crippen LogP) is 4.53. The second-order valence-corrected chi connectivity index (χ2v) is 6.71. The van der Waals surface area contributed by atoms with Crippen LogP contribution in [0, 0.1) is 5.82 Å². The van der Waals surface area contributed by atoms with Crippen molar-refractivity contribution in [3.63, 3.8) is 0 Å². The Morgan fingerprint density at radius 1 is 0.889 bits per heavy atom. The number of benzene rings is 2. The highest BCUT2D eigenvalue weighted by molar-refractivity contribution is 5.57. The molecule has 3 aromatic rings. The Hall–Kier alpha value is -2.63. The van der Waals surface area contributed by atoms with Gasteiger partial charge in [0.25, 0.3) is 0 Å². The van der Waals surface area contributed by atoms with Crippen LogP contribution in [0.4, 0.5) is 10.1 Å². The van der Waals surface area contributed by atoms with Crippen molar-refractivity contribution in [3.8, 4) is 11.3 Å². The fraction of sp³-hybridized carbons (Fsp3) is 0.273. The van der Waals surface area contributed by atoms with Gasteiger partial charge in [0, 0.05) is 30.9 Å². The molecule has 5 heteroatoms. The molecule has 0 atom stereocenters. The van der Waals surface area contributed by atoms with Gasteiger partial charge in [-0.15, -0.1) is 0 Å². The molecule has 2 heterocycles. The van der Waals surface area contributed by atoms with E-state index in [1.807, 2.05) is 12.1 Å². The van der Waals surface area contributed by atoms with Gasteiger partial charge in [-0.2, -0.15) is 0 Å². The van der Waals surface area contributed by atoms with Crippen molar-refractivity contribution in [2.45, 2.75) is 13.1 Å². The molecule has 4 nitrogen and oxygen atoms in total. The number of rotatable bonds is 6. The quantitative estimate of drug-likeness (QED) is 0.696. The van der Waals surface area contributed by atoms with Crippen LogP contribution >= 0.6 is 0 Å². The summed E-state index contributed by atoms with van der Waals surface area (Å²) in [6.07, 6.45) is 0. The number of ether oxygens (including phenoxy) is 1. The maximum absolute atomic E-state index is 13.0. The highest BCUT2D eigenvalue weighted by atomic mass is 19.1. The van der Waals surface area contributed by atoms with Gasteiger partial charge in [0.1, 0.15) is 17.3 Å². The molecule has 1 fully saturated rings. The molecular weight excluding hydrogens is 343 g/mol. The van der Waals surface area contributed by atoms with Crippen molar-refractivity contribution in [2.75, 3.05) is 31.6 Å². The van der Waals surface area contributed by atoms with E-state index in [0.29, 0.717) is 6.54 Å². The third kappa shape index (κ3) is 4.76. The van der Waals surface area contributed by atoms with Gasteiger partial charge in [-0.25, -0.2) is 4.39 Å². The monoisotopic (exact) mass is 366 g/mol. The standard InChI is InChI=1S/C22H23FN2O2/c23-19-5-3-18(4-6-19)22-10-9-21(27-22)15-24-20-7-1-17(2-8-20)16-25-11-13-26-14-12-25/h1-10,24H,11-16H2. The summed E-state index contributed by atoms with van der Waals surface area (Å²) in [5.74, 6) is 1.34. The van der Waals surface area contributed by atoms with Crippen LogP contribution in [-0.4, -0.2) is 31.2 Å². The second kappa shape index (κ2) is 8.37. The molecule has 1 saturated heterocycles. The average Bonchev–Trinajstić information content (AvgIpc) is 3.18. The molecule has 4 rings (SSSR count). The van der Waals surface area contributed by atoms with E-state index in [-0.39, 0.29) is 5.82 Å². The maximum Gasteiger partial charge on any atom is 0.134 e. The smallest absolute Gasteiger partial charge is 0.134 e. The van der Waals surface area contributed by atoms with Crippen LogP contribution in [0.15, 0.2) is 65.1 Å². The number of nitrogens with zero attached hydrogens (tertiary/aromatic N) is 1. The van der Waals surface area contributed by atoms with Crippen LogP contribution in [0.3, 0.4) is 0 Å². The molecule has 140 valence electrons. The summed E-state index contributed by atoms with van der Waals surface area (Å²) in [7, 11) is 0. The number of hydrogen-bond acceptors (Lipinski definition) is 4. The van der Waals surface area contributed by atoms with Gasteiger partial charge in [-0.1, -0.05) is 12.1 Å². The molecule has 1 N–H and O–H groups in total. The van der Waals surface area contributed by atoms with Crippen molar-refractivity contribution in [3.05, 3.63) is 77.8 Å². The van der Waals surface area contributed by atoms with Gasteiger partial charge in [0.15, 0.2) is 0 Å². The Bertz CT molecular complexity index is 853. The first-order valence-corrected chi connectivity index (χ1v) is 9.24. The summed E-state index contributed by atoms with van der Waals surface area (Å²) in [5, 5.41) is 3.38. The predicted molar refractivity (Wildman–Crippen MR) is 104 cm³/mol. The van der Waals surface area contributed by atoms with E-state index >= 15 is 0 Å². The average molecular weight is 366 g/mol. The van der Waals surface area contributed by atoms with Gasteiger partial charge in [0.2, 0.25) is 0 Å². The molecule has 0 bridgehead atoms. The first-order valence-electron chi connectivity index (χ1n) is 9.24. The SMILES string of the molecule is Fc1ccc(-c2ccc(CNc3ccc(CN4CCOCC4)cc3)o2)cc1. The van der Waals surface area contributed by atoms with Gasteiger partial charge < -0.3 is 14.5 Å². The van der Waals surface area contributed by atoms with Crippen molar-refractivity contribution in [2.24, 2.45) is 0 Å². The van der Waals surface area contributed by atoms with Crippen molar-refractivity contribution in [1.29, 1.82) is 0 Å². The lowest BCUT2D eigenvalue weighted by Crippen LogP contribution is -2.35. The van der Waals surface area contributed by atoms with E-state index in [9.17, 15) is 4.39 Å². The number of furan rings is 1. The van der Waals surface area contributed by atoms with E-state index in [1.165, 1.54) is 17.7 Å². The molecule has 0 unspecified atom stereocenters. The number of halogens is 1. The highest BCUT2D eigenvalue weighted by Gasteiger charge is 2.10. The lowest BCUT2D eigenvalue weighted by Gasteiger charge is -2.26. The Morgan fingerprint density at radius 3 is 2.37 bits per heavy atom. The molecule has 0 aliphatic carbocycles. The first kappa shape index (κ1) is 17.8. The molecule has 2 aromatic carbocycles. The van der Waals surface area contributed by atoms with E-state index in [4.69, 9.17) is 9.15 Å². The summed E-state index contributed by atoms with van der Waals surface area (Å²) in [6, 6.07) is 18.7. The van der Waals surface area contributed by atoms with Crippen molar-refractivity contribution < 1.29 is 13.5 Å². The number of nitrogens with one attached hydrogen (secondary N) is 1. The summed E-state index contributed by atoms with van der Waals surface area (Å²) in [5.41, 5.74) is 3.23. The molecule has 0 amide bonds. The molecular formula is C22H23FN2O2. The van der Waals surface area contributed by atoms with Gasteiger partial charge in [0.05, 0.1) is 19.8 Å². The molecule has 1 aromatic heterocycles. The van der Waals surface area contributed by atoms with Crippen LogP contribution in [0.1, 0.15) is 11.3 Å². The van der Waals surface area contributed by atoms with E-state index in [2.05, 4.69) is 34.5 Å². The summed E-state index contributed by atoms with van der Waals surface area (Å²) < 4.78 is 24.3. The second-order valence-electron chi connectivity index (χ2n) is 6.71. The zero-order valence-corrected chi connectivity index (χ0v) is 15.2. The van der Waals surface area contributed by atoms with Crippen LogP contribution in [0.25, 0.3) is 11.3 Å². The Morgan fingerprint density at radius 2 is 1.63 bits per heavy atom. The maximum atomic E-state index is 13.0. The normalized spacial score (nSPS) is 15.0. The van der Waals surface area contributed by atoms with Crippen LogP contribution in [0.2, 0.25) is 0 Å². The fourth-order valence-electron chi connectivity index (χ4n) is 3.18. The van der Waals surface area contributed by atoms with Crippen LogP contribution in [-0.2, 0) is 17.8 Å². The first-order chi connectivity index (χ1) is 13.3. The van der Waals surface area contributed by atoms with Crippen LogP contribution < -0.4 is 5.32 Å². The number of anilines is 1. The largest absolute Gasteiger partial charge is 0.459 e. The minimum absolute atomic E-state index is 0.246. The Balaban J connectivity index is 1.31. The molecule has 1 aliphatic heterocycles. The minimum Gasteiger partial charge on any atom is -0.459 e. The third-order valence-electron chi connectivity index (χ3n) is 4.72. The van der Waals surface area contributed by atoms with E-state index in [0.717, 1.165) is 55.6 Å². The minimum atomic E-state index is -0.246. The third-order valence-corrected chi connectivity index (χ3v) is 4.72. The zero-order valence-electron chi connectivity index (χ0n) is 15.2. The molecule has 0 saturated carbocycles. The highest BCUT2D eigenvalue weighted by Crippen LogP contribution is 2.23. The molecule has 27 heavy (non-hydrogen) atoms. The summed E-state index contributed by atoms with van der Waals surface area (Å²) in [6.45, 7) is 5.20. The van der Waals surface area contributed by atoms with E-state index < -0.39 is 0 Å². The lowest BCUT2D eigenvalue weighted by molar-refractivity contribution is 0.0342.